The first-order valence-corrected chi connectivity index (χ1v) is 9.47. The fourth-order valence-corrected chi connectivity index (χ4v) is 2.88. The molecule has 4 N–H and O–H groups in total. The number of phenols is 1. The summed E-state index contributed by atoms with van der Waals surface area (Å²) in [5.41, 5.74) is 3.64. The zero-order valence-electron chi connectivity index (χ0n) is 16.2. The van der Waals surface area contributed by atoms with Crippen LogP contribution in [0.2, 0.25) is 0 Å². The molecule has 7 heteroatoms. The minimum atomic E-state index is -0.231. The minimum absolute atomic E-state index is 0.0949. The van der Waals surface area contributed by atoms with Gasteiger partial charge in [0.1, 0.15) is 11.4 Å². The van der Waals surface area contributed by atoms with Gasteiger partial charge >= 0.3 is 0 Å². The van der Waals surface area contributed by atoms with Gasteiger partial charge in [0.25, 0.3) is 5.91 Å². The quantitative estimate of drug-likeness (QED) is 0.442. The summed E-state index contributed by atoms with van der Waals surface area (Å²) in [6, 6.07) is 16.5. The van der Waals surface area contributed by atoms with Crippen LogP contribution < -0.4 is 10.6 Å². The Morgan fingerprint density at radius 3 is 2.55 bits per heavy atom. The normalized spacial score (nSPS) is 10.5. The second-order valence-electron chi connectivity index (χ2n) is 6.79. The number of carbonyl (C=O) groups is 2. The molecule has 0 bridgehead atoms. The highest BCUT2D eigenvalue weighted by atomic mass is 16.3. The monoisotopic (exact) mass is 392 g/mol. The van der Waals surface area contributed by atoms with Crippen LogP contribution in [-0.2, 0) is 11.2 Å². The van der Waals surface area contributed by atoms with Crippen molar-refractivity contribution in [2.24, 2.45) is 0 Å². The molecule has 29 heavy (non-hydrogen) atoms. The van der Waals surface area contributed by atoms with Crippen molar-refractivity contribution in [2.75, 3.05) is 13.1 Å². The predicted octanol–water partition coefficient (Wildman–Crippen LogP) is 2.57. The molecule has 3 rings (SSSR count). The van der Waals surface area contributed by atoms with E-state index in [-0.39, 0.29) is 24.0 Å². The van der Waals surface area contributed by atoms with Crippen molar-refractivity contribution in [3.63, 3.8) is 0 Å². The topological polar surface area (TPSA) is 107 Å². The summed E-state index contributed by atoms with van der Waals surface area (Å²) in [4.78, 5) is 24.2. The molecule has 0 unspecified atom stereocenters. The lowest BCUT2D eigenvalue weighted by Gasteiger charge is -2.07. The smallest absolute Gasteiger partial charge is 0.269 e. The summed E-state index contributed by atoms with van der Waals surface area (Å²) in [5.74, 6) is -0.105. The van der Waals surface area contributed by atoms with Gasteiger partial charge in [-0.25, -0.2) is 0 Å². The van der Waals surface area contributed by atoms with Crippen molar-refractivity contribution in [2.45, 2.75) is 19.8 Å². The van der Waals surface area contributed by atoms with Crippen molar-refractivity contribution in [1.29, 1.82) is 0 Å². The Balaban J connectivity index is 1.37. The molecule has 1 aromatic heterocycles. The van der Waals surface area contributed by atoms with Crippen LogP contribution in [0.1, 0.15) is 28.0 Å². The molecule has 7 nitrogen and oxygen atoms in total. The highest BCUT2D eigenvalue weighted by Gasteiger charge is 2.10. The molecule has 0 radical (unpaired) electrons. The van der Waals surface area contributed by atoms with E-state index in [1.807, 2.05) is 30.3 Å². The number of H-pyrrole nitrogens is 1. The van der Waals surface area contributed by atoms with Crippen molar-refractivity contribution < 1.29 is 14.7 Å². The first-order chi connectivity index (χ1) is 14.0. The Kier molecular flexibility index (Phi) is 6.63. The summed E-state index contributed by atoms with van der Waals surface area (Å²) in [5, 5.41) is 22.1. The molecule has 1 heterocycles. The van der Waals surface area contributed by atoms with E-state index in [0.29, 0.717) is 30.9 Å². The largest absolute Gasteiger partial charge is 0.508 e. The van der Waals surface area contributed by atoms with Crippen molar-refractivity contribution in [3.8, 4) is 17.0 Å². The van der Waals surface area contributed by atoms with Gasteiger partial charge in [-0.15, -0.1) is 0 Å². The first kappa shape index (κ1) is 20.1. The third-order valence-corrected chi connectivity index (χ3v) is 4.48. The lowest BCUT2D eigenvalue weighted by atomic mass is 10.1. The number of nitrogens with one attached hydrogen (secondary N) is 3. The second kappa shape index (κ2) is 9.54. The molecule has 0 aliphatic carbocycles. The molecule has 3 aromatic rings. The lowest BCUT2D eigenvalue weighted by Crippen LogP contribution is -2.30. The molecular weight excluding hydrogens is 368 g/mol. The maximum atomic E-state index is 12.2. The van der Waals surface area contributed by atoms with Crippen LogP contribution in [0.15, 0.2) is 54.6 Å². The maximum Gasteiger partial charge on any atom is 0.269 e. The SMILES string of the molecule is Cc1cc(CC(=O)NCCCNC(=O)c2cc(-c3ccccc3)n[nH]2)ccc1O. The molecule has 0 atom stereocenters. The van der Waals surface area contributed by atoms with Crippen LogP contribution in [0.3, 0.4) is 0 Å². The average Bonchev–Trinajstić information content (AvgIpc) is 3.21. The Hall–Kier alpha value is -3.61. The Bertz CT molecular complexity index is 983. The maximum absolute atomic E-state index is 12.2. The Labute approximate surface area is 169 Å². The van der Waals surface area contributed by atoms with Crippen molar-refractivity contribution >= 4 is 11.8 Å². The fraction of sp³-hybridized carbons (Fsp3) is 0.227. The molecule has 0 saturated heterocycles. The van der Waals surface area contributed by atoms with Gasteiger partial charge in [-0.2, -0.15) is 5.10 Å². The van der Waals surface area contributed by atoms with Gasteiger partial charge in [-0.3, -0.25) is 14.7 Å². The van der Waals surface area contributed by atoms with Gasteiger partial charge in [-0.05, 0) is 36.6 Å². The molecule has 0 saturated carbocycles. The molecule has 0 aliphatic rings. The summed E-state index contributed by atoms with van der Waals surface area (Å²) in [7, 11) is 0. The Morgan fingerprint density at radius 1 is 1.03 bits per heavy atom. The number of aromatic amines is 1. The highest BCUT2D eigenvalue weighted by molar-refractivity contribution is 5.93. The van der Waals surface area contributed by atoms with Crippen LogP contribution >= 0.6 is 0 Å². The van der Waals surface area contributed by atoms with Gasteiger partial charge in [0.05, 0.1) is 12.1 Å². The van der Waals surface area contributed by atoms with Crippen LogP contribution in [0.25, 0.3) is 11.3 Å². The number of aromatic nitrogens is 2. The number of aromatic hydroxyl groups is 1. The van der Waals surface area contributed by atoms with Crippen LogP contribution in [0, 0.1) is 6.92 Å². The minimum Gasteiger partial charge on any atom is -0.508 e. The number of nitrogens with zero attached hydrogens (tertiary/aromatic N) is 1. The van der Waals surface area contributed by atoms with E-state index in [4.69, 9.17) is 0 Å². The number of phenolic OH excluding ortho intramolecular Hbond substituents is 1. The summed E-state index contributed by atoms with van der Waals surface area (Å²) in [6.07, 6.45) is 0.871. The first-order valence-electron chi connectivity index (χ1n) is 9.47. The van der Waals surface area contributed by atoms with Crippen molar-refractivity contribution in [1.82, 2.24) is 20.8 Å². The molecular formula is C22H24N4O3. The zero-order valence-corrected chi connectivity index (χ0v) is 16.2. The predicted molar refractivity (Wildman–Crippen MR) is 111 cm³/mol. The van der Waals surface area contributed by atoms with Gasteiger partial charge in [0.15, 0.2) is 0 Å². The van der Waals surface area contributed by atoms with E-state index in [0.717, 1.165) is 16.7 Å². The van der Waals surface area contributed by atoms with Gasteiger partial charge < -0.3 is 15.7 Å². The van der Waals surface area contributed by atoms with Crippen molar-refractivity contribution in [3.05, 3.63) is 71.4 Å². The average molecular weight is 392 g/mol. The number of benzene rings is 2. The summed E-state index contributed by atoms with van der Waals surface area (Å²) < 4.78 is 0. The second-order valence-corrected chi connectivity index (χ2v) is 6.79. The third-order valence-electron chi connectivity index (χ3n) is 4.48. The summed E-state index contributed by atoms with van der Waals surface area (Å²) in [6.45, 7) is 2.70. The Morgan fingerprint density at radius 2 is 1.79 bits per heavy atom. The van der Waals surface area contributed by atoms with Gasteiger partial charge in [-0.1, -0.05) is 42.5 Å². The third kappa shape index (κ3) is 5.68. The molecule has 2 amide bonds. The molecule has 0 spiro atoms. The van der Waals surface area contributed by atoms with E-state index in [2.05, 4.69) is 20.8 Å². The number of amides is 2. The number of aryl methyl sites for hydroxylation is 1. The number of carbonyl (C=O) groups excluding carboxylic acids is 2. The van der Waals surface area contributed by atoms with E-state index < -0.39 is 0 Å². The van der Waals surface area contributed by atoms with E-state index in [1.54, 1.807) is 31.2 Å². The number of hydrogen-bond acceptors (Lipinski definition) is 4. The zero-order chi connectivity index (χ0) is 20.6. The molecule has 2 aromatic carbocycles. The summed E-state index contributed by atoms with van der Waals surface area (Å²) >= 11 is 0. The fourth-order valence-electron chi connectivity index (χ4n) is 2.88. The van der Waals surface area contributed by atoms with E-state index in [1.165, 1.54) is 0 Å². The standard InChI is InChI=1S/C22H24N4O3/c1-15-12-16(8-9-20(15)27)13-21(28)23-10-5-11-24-22(29)19-14-18(25-26-19)17-6-3-2-4-7-17/h2-4,6-9,12,14,27H,5,10-11,13H2,1H3,(H,23,28)(H,24,29)(H,25,26). The molecule has 150 valence electrons. The van der Waals surface area contributed by atoms with Gasteiger partial charge in [0.2, 0.25) is 5.91 Å². The number of rotatable bonds is 8. The van der Waals surface area contributed by atoms with E-state index >= 15 is 0 Å². The van der Waals surface area contributed by atoms with Gasteiger partial charge in [0, 0.05) is 18.7 Å². The highest BCUT2D eigenvalue weighted by Crippen LogP contribution is 2.17. The number of hydrogen-bond donors (Lipinski definition) is 4. The van der Waals surface area contributed by atoms with Crippen LogP contribution in [-0.4, -0.2) is 40.2 Å². The molecule has 0 fully saturated rings. The van der Waals surface area contributed by atoms with Crippen LogP contribution in [0.4, 0.5) is 0 Å². The molecule has 0 aliphatic heterocycles. The van der Waals surface area contributed by atoms with E-state index in [9.17, 15) is 14.7 Å². The van der Waals surface area contributed by atoms with Crippen LogP contribution in [0.5, 0.6) is 5.75 Å². The lowest BCUT2D eigenvalue weighted by molar-refractivity contribution is -0.120.